The Morgan fingerprint density at radius 2 is 2.04 bits per heavy atom. The molecule has 5 heterocycles. The Balaban J connectivity index is 1.50. The zero-order valence-corrected chi connectivity index (χ0v) is 13.6. The molecule has 0 spiro atoms. The van der Waals surface area contributed by atoms with E-state index in [1.165, 1.54) is 27.9 Å². The highest BCUT2D eigenvalue weighted by atomic mass is 16.5. The summed E-state index contributed by atoms with van der Waals surface area (Å²) in [6.45, 7) is 0. The first-order chi connectivity index (χ1) is 12.4. The third-order valence-corrected chi connectivity index (χ3v) is 5.38. The molecule has 2 aromatic rings. The Morgan fingerprint density at radius 1 is 1.04 bits per heavy atom. The van der Waals surface area contributed by atoms with Gasteiger partial charge in [0.15, 0.2) is 0 Å². The summed E-state index contributed by atoms with van der Waals surface area (Å²) in [6.07, 6.45) is 22.4. The van der Waals surface area contributed by atoms with Gasteiger partial charge in [-0.1, -0.05) is 30.4 Å². The molecule has 0 bridgehead atoms. The second-order valence-electron chi connectivity index (χ2n) is 6.71. The van der Waals surface area contributed by atoms with E-state index in [0.717, 1.165) is 17.9 Å². The largest absolute Gasteiger partial charge is 0.456 e. The van der Waals surface area contributed by atoms with Crippen molar-refractivity contribution in [2.24, 2.45) is 0 Å². The second-order valence-corrected chi connectivity index (χ2v) is 6.71. The van der Waals surface area contributed by atoms with Gasteiger partial charge in [-0.3, -0.25) is 0 Å². The van der Waals surface area contributed by atoms with Crippen LogP contribution < -0.4 is 4.74 Å². The molecule has 0 saturated carbocycles. The van der Waals surface area contributed by atoms with Crippen LogP contribution in [-0.2, 0) is 6.42 Å². The summed E-state index contributed by atoms with van der Waals surface area (Å²) in [5.41, 5.74) is 6.31. The van der Waals surface area contributed by atoms with Gasteiger partial charge in [0.25, 0.3) is 0 Å². The molecule has 0 aromatic carbocycles. The predicted molar refractivity (Wildman–Crippen MR) is 98.0 cm³/mol. The van der Waals surface area contributed by atoms with E-state index in [1.54, 1.807) is 0 Å². The van der Waals surface area contributed by atoms with Crippen LogP contribution in [0.3, 0.4) is 0 Å². The number of hydrogen-bond donors (Lipinski definition) is 0. The monoisotopic (exact) mass is 324 g/mol. The van der Waals surface area contributed by atoms with Crippen LogP contribution in [0, 0.1) is 0 Å². The molecule has 3 heteroatoms. The third-order valence-electron chi connectivity index (χ3n) is 5.38. The molecule has 2 aromatic heterocycles. The molecule has 0 saturated heterocycles. The first-order valence-electron chi connectivity index (χ1n) is 8.62. The van der Waals surface area contributed by atoms with Crippen LogP contribution in [0.1, 0.15) is 5.56 Å². The van der Waals surface area contributed by atoms with Crippen molar-refractivity contribution in [2.45, 2.75) is 12.5 Å². The van der Waals surface area contributed by atoms with E-state index in [9.17, 15) is 0 Å². The lowest BCUT2D eigenvalue weighted by Gasteiger charge is -2.40. The van der Waals surface area contributed by atoms with Gasteiger partial charge in [-0.25, -0.2) is 0 Å². The maximum atomic E-state index is 6.26. The van der Waals surface area contributed by atoms with Gasteiger partial charge < -0.3 is 14.0 Å². The number of rotatable bonds is 0. The second kappa shape index (κ2) is 4.67. The van der Waals surface area contributed by atoms with Crippen molar-refractivity contribution in [3.05, 3.63) is 107 Å². The van der Waals surface area contributed by atoms with Gasteiger partial charge in [0.2, 0.25) is 0 Å². The molecule has 120 valence electrons. The van der Waals surface area contributed by atoms with Crippen LogP contribution in [0.5, 0.6) is 5.75 Å². The molecule has 3 nitrogen and oxygen atoms in total. The molecular formula is C22H16N2O. The minimum absolute atomic E-state index is 0.279. The van der Waals surface area contributed by atoms with Crippen molar-refractivity contribution >= 4 is 5.52 Å². The predicted octanol–water partition coefficient (Wildman–Crippen LogP) is 4.28. The fourth-order valence-corrected chi connectivity index (χ4v) is 4.16. The van der Waals surface area contributed by atoms with E-state index in [4.69, 9.17) is 4.74 Å². The maximum Gasteiger partial charge on any atom is 0.134 e. The SMILES string of the molecule is C1=CC2=CC=C3C4=C(C=CN3C2C=C1)Oc1ccn2cccc2c1C4. The lowest BCUT2D eigenvalue weighted by Crippen LogP contribution is -2.36. The van der Waals surface area contributed by atoms with Gasteiger partial charge in [-0.15, -0.1) is 0 Å². The summed E-state index contributed by atoms with van der Waals surface area (Å²) in [7, 11) is 0. The summed E-state index contributed by atoms with van der Waals surface area (Å²) < 4.78 is 8.42. The van der Waals surface area contributed by atoms with Crippen LogP contribution in [0.4, 0.5) is 0 Å². The van der Waals surface area contributed by atoms with E-state index < -0.39 is 0 Å². The first-order valence-corrected chi connectivity index (χ1v) is 8.62. The lowest BCUT2D eigenvalue weighted by molar-refractivity contribution is 0.377. The highest BCUT2D eigenvalue weighted by Gasteiger charge is 2.32. The molecular weight excluding hydrogens is 308 g/mol. The van der Waals surface area contributed by atoms with E-state index in [1.807, 2.05) is 0 Å². The number of allylic oxidation sites excluding steroid dienone is 6. The molecule has 0 amide bonds. The van der Waals surface area contributed by atoms with Gasteiger partial charge in [-0.05, 0) is 35.9 Å². The maximum absolute atomic E-state index is 6.26. The Kier molecular flexibility index (Phi) is 2.45. The van der Waals surface area contributed by atoms with Crippen LogP contribution in [0.25, 0.3) is 5.52 Å². The highest BCUT2D eigenvalue weighted by Crippen LogP contribution is 2.41. The average Bonchev–Trinajstić information content (AvgIpc) is 3.15. The Bertz CT molecular complexity index is 1100. The third kappa shape index (κ3) is 1.75. The van der Waals surface area contributed by atoms with Crippen molar-refractivity contribution in [2.75, 3.05) is 0 Å². The van der Waals surface area contributed by atoms with Gasteiger partial charge in [0.1, 0.15) is 11.5 Å². The lowest BCUT2D eigenvalue weighted by atomic mass is 9.89. The Morgan fingerprint density at radius 3 is 3.04 bits per heavy atom. The number of nitrogens with zero attached hydrogens (tertiary/aromatic N) is 2. The molecule has 3 aliphatic heterocycles. The molecule has 0 N–H and O–H groups in total. The quantitative estimate of drug-likeness (QED) is 0.719. The number of fused-ring (bicyclic) bond motifs is 7. The van der Waals surface area contributed by atoms with E-state index >= 15 is 0 Å². The Hall–Kier alpha value is -3.20. The van der Waals surface area contributed by atoms with Gasteiger partial charge in [0, 0.05) is 41.8 Å². The van der Waals surface area contributed by atoms with Crippen LogP contribution in [0.2, 0.25) is 0 Å². The van der Waals surface area contributed by atoms with E-state index in [2.05, 4.69) is 88.6 Å². The van der Waals surface area contributed by atoms with Crippen LogP contribution in [0.15, 0.2) is 102 Å². The van der Waals surface area contributed by atoms with Crippen LogP contribution in [-0.4, -0.2) is 15.3 Å². The van der Waals surface area contributed by atoms with Crippen molar-refractivity contribution in [1.29, 1.82) is 0 Å². The fourth-order valence-electron chi connectivity index (χ4n) is 4.16. The summed E-state index contributed by atoms with van der Waals surface area (Å²) in [5.74, 6) is 1.94. The number of pyridine rings is 1. The minimum atomic E-state index is 0.279. The Labute approximate surface area is 145 Å². The average molecular weight is 324 g/mol. The summed E-state index contributed by atoms with van der Waals surface area (Å²) in [6, 6.07) is 6.59. The molecule has 6 rings (SSSR count). The zero-order chi connectivity index (χ0) is 16.4. The zero-order valence-electron chi connectivity index (χ0n) is 13.6. The standard InChI is InChI=1S/C22H16N2O/c1-2-5-18-15(4-1)7-8-20-17-14-16-19-6-3-11-23(19)12-9-21(16)25-22(17)10-13-24(18)20/h1-13,18H,14H2. The molecule has 1 atom stereocenters. The van der Waals surface area contributed by atoms with Gasteiger partial charge >= 0.3 is 0 Å². The number of ether oxygens (including phenoxy) is 1. The molecule has 25 heavy (non-hydrogen) atoms. The highest BCUT2D eigenvalue weighted by molar-refractivity contribution is 5.66. The fraction of sp³-hybridized carbons (Fsp3) is 0.0909. The van der Waals surface area contributed by atoms with Gasteiger partial charge in [-0.2, -0.15) is 0 Å². The number of hydrogen-bond acceptors (Lipinski definition) is 2. The van der Waals surface area contributed by atoms with E-state index in [0.29, 0.717) is 0 Å². The summed E-state index contributed by atoms with van der Waals surface area (Å²) in [4.78, 5) is 2.35. The van der Waals surface area contributed by atoms with Crippen molar-refractivity contribution in [1.82, 2.24) is 9.30 Å². The van der Waals surface area contributed by atoms with Crippen molar-refractivity contribution < 1.29 is 4.74 Å². The molecule has 0 radical (unpaired) electrons. The topological polar surface area (TPSA) is 16.9 Å². The number of aromatic nitrogens is 1. The summed E-state index contributed by atoms with van der Waals surface area (Å²) in [5, 5.41) is 0. The van der Waals surface area contributed by atoms with E-state index in [-0.39, 0.29) is 6.04 Å². The minimum Gasteiger partial charge on any atom is -0.456 e. The molecule has 1 aliphatic carbocycles. The normalized spacial score (nSPS) is 22.7. The first kappa shape index (κ1) is 13.1. The van der Waals surface area contributed by atoms with Crippen molar-refractivity contribution in [3.8, 4) is 5.75 Å². The smallest absolute Gasteiger partial charge is 0.134 e. The van der Waals surface area contributed by atoms with Crippen molar-refractivity contribution in [3.63, 3.8) is 0 Å². The molecule has 1 unspecified atom stereocenters. The molecule has 0 fully saturated rings. The molecule has 4 aliphatic rings. The van der Waals surface area contributed by atoms with Crippen LogP contribution >= 0.6 is 0 Å². The summed E-state index contributed by atoms with van der Waals surface area (Å²) >= 11 is 0. The van der Waals surface area contributed by atoms with Gasteiger partial charge in [0.05, 0.1) is 11.6 Å².